The van der Waals surface area contributed by atoms with Crippen LogP contribution in [0.5, 0.6) is 0 Å². The van der Waals surface area contributed by atoms with Crippen LogP contribution in [0.3, 0.4) is 0 Å². The van der Waals surface area contributed by atoms with E-state index in [1.807, 2.05) is 30.6 Å². The van der Waals surface area contributed by atoms with E-state index in [0.717, 1.165) is 24.4 Å². The van der Waals surface area contributed by atoms with Gasteiger partial charge in [-0.05, 0) is 48.7 Å². The molecule has 3 heteroatoms. The minimum absolute atomic E-state index is 0.396. The highest BCUT2D eigenvalue weighted by Crippen LogP contribution is 2.18. The fraction of sp³-hybridized carbons (Fsp3) is 0.312. The van der Waals surface area contributed by atoms with E-state index < -0.39 is 0 Å². The molecule has 1 unspecified atom stereocenters. The fourth-order valence-electron chi connectivity index (χ4n) is 2.24. The van der Waals surface area contributed by atoms with Crippen LogP contribution < -0.4 is 5.32 Å². The molecular formula is C16H19ClN2. The van der Waals surface area contributed by atoms with Gasteiger partial charge in [0, 0.05) is 23.5 Å². The van der Waals surface area contributed by atoms with Gasteiger partial charge in [-0.25, -0.2) is 0 Å². The maximum absolute atomic E-state index is 6.23. The average molecular weight is 275 g/mol. The third kappa shape index (κ3) is 4.34. The van der Waals surface area contributed by atoms with Crippen molar-refractivity contribution in [2.75, 3.05) is 6.54 Å². The molecule has 1 aromatic heterocycles. The molecule has 1 N–H and O–H groups in total. The summed E-state index contributed by atoms with van der Waals surface area (Å²) in [6.45, 7) is 3.09. The molecule has 2 aromatic rings. The molecule has 0 aliphatic heterocycles. The molecule has 1 aromatic carbocycles. The zero-order chi connectivity index (χ0) is 13.5. The number of halogens is 1. The van der Waals surface area contributed by atoms with Crippen molar-refractivity contribution in [3.8, 4) is 0 Å². The minimum Gasteiger partial charge on any atom is -0.314 e. The summed E-state index contributed by atoms with van der Waals surface area (Å²) in [6, 6.07) is 12.6. The molecule has 0 bridgehead atoms. The second kappa shape index (κ2) is 7.27. The van der Waals surface area contributed by atoms with Gasteiger partial charge in [0.2, 0.25) is 0 Å². The van der Waals surface area contributed by atoms with Gasteiger partial charge in [-0.15, -0.1) is 0 Å². The third-order valence-corrected chi connectivity index (χ3v) is 3.52. The highest BCUT2D eigenvalue weighted by molar-refractivity contribution is 6.31. The lowest BCUT2D eigenvalue weighted by atomic mass is 9.99. The predicted molar refractivity (Wildman–Crippen MR) is 80.6 cm³/mol. The third-order valence-electron chi connectivity index (χ3n) is 3.15. The molecule has 1 atom stereocenters. The molecule has 1 heterocycles. The van der Waals surface area contributed by atoms with Crippen molar-refractivity contribution in [1.29, 1.82) is 0 Å². The average Bonchev–Trinajstić information content (AvgIpc) is 2.43. The molecular weight excluding hydrogens is 256 g/mol. The molecule has 0 radical (unpaired) electrons. The largest absolute Gasteiger partial charge is 0.314 e. The second-order valence-corrected chi connectivity index (χ2v) is 5.02. The number of hydrogen-bond donors (Lipinski definition) is 1. The first-order valence-corrected chi connectivity index (χ1v) is 7.03. The van der Waals surface area contributed by atoms with Gasteiger partial charge in [-0.1, -0.05) is 36.7 Å². The highest BCUT2D eigenvalue weighted by Gasteiger charge is 2.11. The van der Waals surface area contributed by atoms with Crippen LogP contribution in [0.1, 0.15) is 18.1 Å². The van der Waals surface area contributed by atoms with Crippen molar-refractivity contribution in [1.82, 2.24) is 10.3 Å². The molecule has 0 spiro atoms. The van der Waals surface area contributed by atoms with Gasteiger partial charge in [0.15, 0.2) is 0 Å². The van der Waals surface area contributed by atoms with E-state index in [1.54, 1.807) is 0 Å². The highest BCUT2D eigenvalue weighted by atomic mass is 35.5. The van der Waals surface area contributed by atoms with Gasteiger partial charge < -0.3 is 5.32 Å². The smallest absolute Gasteiger partial charge is 0.0438 e. The zero-order valence-electron chi connectivity index (χ0n) is 11.1. The van der Waals surface area contributed by atoms with E-state index in [0.29, 0.717) is 6.04 Å². The zero-order valence-corrected chi connectivity index (χ0v) is 11.9. The van der Waals surface area contributed by atoms with Crippen molar-refractivity contribution in [2.45, 2.75) is 25.8 Å². The molecule has 0 amide bonds. The van der Waals surface area contributed by atoms with Crippen LogP contribution in [-0.2, 0) is 12.8 Å². The number of hydrogen-bond acceptors (Lipinski definition) is 2. The molecule has 2 rings (SSSR count). The number of rotatable bonds is 6. The van der Waals surface area contributed by atoms with Gasteiger partial charge in [-0.3, -0.25) is 4.98 Å². The summed E-state index contributed by atoms with van der Waals surface area (Å²) in [6.07, 6.45) is 5.61. The Bertz CT molecular complexity index is 499. The lowest BCUT2D eigenvalue weighted by Gasteiger charge is -2.18. The van der Waals surface area contributed by atoms with Crippen LogP contribution in [0.25, 0.3) is 0 Å². The SMILES string of the molecule is CCNC(Cc1ccncc1)Cc1ccccc1Cl. The van der Waals surface area contributed by atoms with Crippen molar-refractivity contribution >= 4 is 11.6 Å². The molecule has 0 saturated heterocycles. The van der Waals surface area contributed by atoms with Crippen molar-refractivity contribution in [2.24, 2.45) is 0 Å². The van der Waals surface area contributed by atoms with Crippen LogP contribution in [0, 0.1) is 0 Å². The monoisotopic (exact) mass is 274 g/mol. The maximum atomic E-state index is 6.23. The van der Waals surface area contributed by atoms with Crippen LogP contribution in [0.15, 0.2) is 48.8 Å². The maximum Gasteiger partial charge on any atom is 0.0438 e. The van der Waals surface area contributed by atoms with Crippen molar-refractivity contribution in [3.63, 3.8) is 0 Å². The van der Waals surface area contributed by atoms with E-state index in [9.17, 15) is 0 Å². The first kappa shape index (κ1) is 14.0. The molecule has 0 aliphatic carbocycles. The van der Waals surface area contributed by atoms with E-state index in [2.05, 4.69) is 35.4 Å². The summed E-state index contributed by atoms with van der Waals surface area (Å²) in [7, 11) is 0. The Labute approximate surface area is 119 Å². The summed E-state index contributed by atoms with van der Waals surface area (Å²) in [4.78, 5) is 4.06. The van der Waals surface area contributed by atoms with Crippen LogP contribution in [-0.4, -0.2) is 17.6 Å². The van der Waals surface area contributed by atoms with E-state index in [-0.39, 0.29) is 0 Å². The lowest BCUT2D eigenvalue weighted by Crippen LogP contribution is -2.33. The molecule has 0 saturated carbocycles. The van der Waals surface area contributed by atoms with E-state index >= 15 is 0 Å². The Balaban J connectivity index is 2.06. The molecule has 100 valence electrons. The van der Waals surface area contributed by atoms with Crippen molar-refractivity contribution in [3.05, 3.63) is 64.9 Å². The number of benzene rings is 1. The van der Waals surface area contributed by atoms with Crippen molar-refractivity contribution < 1.29 is 0 Å². The van der Waals surface area contributed by atoms with Gasteiger partial charge in [0.05, 0.1) is 0 Å². The molecule has 0 fully saturated rings. The lowest BCUT2D eigenvalue weighted by molar-refractivity contribution is 0.521. The Kier molecular flexibility index (Phi) is 5.37. The fourth-order valence-corrected chi connectivity index (χ4v) is 2.45. The van der Waals surface area contributed by atoms with Gasteiger partial charge >= 0.3 is 0 Å². The number of nitrogens with zero attached hydrogens (tertiary/aromatic N) is 1. The standard InChI is InChI=1S/C16H19ClN2/c1-2-19-15(11-13-7-9-18-10-8-13)12-14-5-3-4-6-16(14)17/h3-10,15,19H,2,11-12H2,1H3. The first-order valence-electron chi connectivity index (χ1n) is 6.65. The summed E-state index contributed by atoms with van der Waals surface area (Å²) >= 11 is 6.23. The number of pyridine rings is 1. The molecule has 0 aliphatic rings. The van der Waals surface area contributed by atoms with E-state index in [1.165, 1.54) is 11.1 Å². The van der Waals surface area contributed by atoms with Crippen LogP contribution in [0.4, 0.5) is 0 Å². The Hall–Kier alpha value is -1.38. The first-order chi connectivity index (χ1) is 9.29. The Morgan fingerprint density at radius 3 is 2.53 bits per heavy atom. The summed E-state index contributed by atoms with van der Waals surface area (Å²) < 4.78 is 0. The number of aromatic nitrogens is 1. The molecule has 2 nitrogen and oxygen atoms in total. The van der Waals surface area contributed by atoms with Crippen LogP contribution in [0.2, 0.25) is 5.02 Å². The Morgan fingerprint density at radius 2 is 1.84 bits per heavy atom. The molecule has 19 heavy (non-hydrogen) atoms. The topological polar surface area (TPSA) is 24.9 Å². The Morgan fingerprint density at radius 1 is 1.11 bits per heavy atom. The van der Waals surface area contributed by atoms with Gasteiger partial charge in [0.25, 0.3) is 0 Å². The summed E-state index contributed by atoms with van der Waals surface area (Å²) in [5.74, 6) is 0. The normalized spacial score (nSPS) is 12.3. The quantitative estimate of drug-likeness (QED) is 0.872. The van der Waals surface area contributed by atoms with Gasteiger partial charge in [0.1, 0.15) is 0 Å². The number of nitrogens with one attached hydrogen (secondary N) is 1. The predicted octanol–water partition coefficient (Wildman–Crippen LogP) is 3.50. The van der Waals surface area contributed by atoms with Gasteiger partial charge in [-0.2, -0.15) is 0 Å². The minimum atomic E-state index is 0.396. The van der Waals surface area contributed by atoms with E-state index in [4.69, 9.17) is 11.6 Å². The second-order valence-electron chi connectivity index (χ2n) is 4.61. The number of likely N-dealkylation sites (N-methyl/N-ethyl adjacent to an activating group) is 1. The summed E-state index contributed by atoms with van der Waals surface area (Å²) in [5, 5.41) is 4.38. The van der Waals surface area contributed by atoms with Crippen LogP contribution >= 0.6 is 11.6 Å². The summed E-state index contributed by atoms with van der Waals surface area (Å²) in [5.41, 5.74) is 2.50.